The van der Waals surface area contributed by atoms with Gasteiger partial charge in [-0.2, -0.15) is 0 Å². The minimum atomic E-state index is -0.711. The van der Waals surface area contributed by atoms with Gasteiger partial charge in [-0.15, -0.1) is 0 Å². The van der Waals surface area contributed by atoms with Crippen molar-refractivity contribution in [3.63, 3.8) is 0 Å². The number of piperidine rings is 1. The van der Waals surface area contributed by atoms with Crippen molar-refractivity contribution in [2.75, 3.05) is 0 Å². The van der Waals surface area contributed by atoms with E-state index in [4.69, 9.17) is 11.6 Å². The predicted molar refractivity (Wildman–Crippen MR) is 107 cm³/mol. The quantitative estimate of drug-likeness (QED) is 0.725. The Morgan fingerprint density at radius 2 is 1.87 bits per heavy atom. The van der Waals surface area contributed by atoms with Gasteiger partial charge in [-0.25, -0.2) is 4.39 Å². The Morgan fingerprint density at radius 1 is 1.06 bits per heavy atom. The minimum Gasteiger partial charge on any atom is -0.330 e. The molecule has 1 atom stereocenters. The minimum absolute atomic E-state index is 0.0256. The Labute approximate surface area is 181 Å². The Hall–Kier alpha value is -3.26. The van der Waals surface area contributed by atoms with Crippen LogP contribution in [0.4, 0.5) is 4.39 Å². The highest BCUT2D eigenvalue weighted by molar-refractivity contribution is 6.30. The van der Waals surface area contributed by atoms with E-state index in [1.807, 2.05) is 0 Å². The van der Waals surface area contributed by atoms with Gasteiger partial charge in [0, 0.05) is 42.7 Å². The van der Waals surface area contributed by atoms with Crippen molar-refractivity contribution >= 4 is 35.2 Å². The number of halogens is 2. The van der Waals surface area contributed by atoms with Crippen molar-refractivity contribution in [2.24, 2.45) is 0 Å². The maximum absolute atomic E-state index is 14.3. The molecule has 1 N–H and O–H groups in total. The van der Waals surface area contributed by atoms with Gasteiger partial charge in [0.1, 0.15) is 11.9 Å². The second kappa shape index (κ2) is 7.16. The highest BCUT2D eigenvalue weighted by Gasteiger charge is 2.39. The van der Waals surface area contributed by atoms with Crippen molar-refractivity contribution in [1.82, 2.24) is 15.1 Å². The molecule has 0 aliphatic carbocycles. The molecule has 5 rings (SSSR count). The second-order valence-corrected chi connectivity index (χ2v) is 8.34. The molecule has 0 saturated carbocycles. The highest BCUT2D eigenvalue weighted by atomic mass is 35.5. The summed E-state index contributed by atoms with van der Waals surface area (Å²) >= 11 is 5.85. The van der Waals surface area contributed by atoms with E-state index in [9.17, 15) is 23.6 Å². The highest BCUT2D eigenvalue weighted by Crippen LogP contribution is 2.32. The van der Waals surface area contributed by atoms with Gasteiger partial charge in [-0.05, 0) is 41.8 Å². The molecule has 1 unspecified atom stereocenters. The smallest absolute Gasteiger partial charge is 0.255 e. The van der Waals surface area contributed by atoms with Crippen molar-refractivity contribution in [3.8, 4) is 0 Å². The van der Waals surface area contributed by atoms with E-state index in [2.05, 4.69) is 5.32 Å². The van der Waals surface area contributed by atoms with E-state index < -0.39 is 17.8 Å². The van der Waals surface area contributed by atoms with E-state index in [-0.39, 0.29) is 55.2 Å². The van der Waals surface area contributed by atoms with Gasteiger partial charge >= 0.3 is 0 Å². The molecule has 3 heterocycles. The molecule has 0 radical (unpaired) electrons. The third-order valence-corrected chi connectivity index (χ3v) is 6.35. The average Bonchev–Trinajstić information content (AvgIpc) is 3.32. The number of imide groups is 1. The summed E-state index contributed by atoms with van der Waals surface area (Å²) in [5.74, 6) is -1.91. The topological polar surface area (TPSA) is 86.8 Å². The molecule has 2 aromatic carbocycles. The van der Waals surface area contributed by atoms with Crippen LogP contribution in [0.1, 0.15) is 50.2 Å². The van der Waals surface area contributed by atoms with Crippen molar-refractivity contribution in [2.45, 2.75) is 38.5 Å². The van der Waals surface area contributed by atoms with Gasteiger partial charge in [0.2, 0.25) is 11.8 Å². The molecule has 7 nitrogen and oxygen atoms in total. The summed E-state index contributed by atoms with van der Waals surface area (Å²) in [6.07, 6.45) is 0.451. The van der Waals surface area contributed by atoms with Gasteiger partial charge in [-0.3, -0.25) is 24.5 Å². The number of hydrogen-bond acceptors (Lipinski definition) is 4. The third-order valence-electron chi connectivity index (χ3n) is 6.06. The summed E-state index contributed by atoms with van der Waals surface area (Å²) in [5.41, 5.74) is 2.60. The van der Waals surface area contributed by atoms with Crippen LogP contribution in [-0.4, -0.2) is 39.5 Å². The molecular formula is C22H17ClFN3O4. The normalized spacial score (nSPS) is 20.1. The summed E-state index contributed by atoms with van der Waals surface area (Å²) in [6.45, 7) is 0.589. The number of carbonyl (C=O) groups is 4. The lowest BCUT2D eigenvalue weighted by Crippen LogP contribution is -2.52. The van der Waals surface area contributed by atoms with E-state index >= 15 is 0 Å². The lowest BCUT2D eigenvalue weighted by Gasteiger charge is -2.29. The molecule has 0 spiro atoms. The molecule has 31 heavy (non-hydrogen) atoms. The standard InChI is InChI=1S/C22H17ClFN3O4/c23-16-4-2-12-8-26(10-15(12)19(16)24)21(30)11-1-3-14-13(7-11)9-27(22(14)31)17-5-6-18(28)25-20(17)29/h1-4,7,17H,5-6,8-10H2,(H,25,28,29). The SMILES string of the molecule is O=C1CCC(N2Cc3cc(C(=O)N4Cc5ccc(Cl)c(F)c5C4)ccc3C2=O)C(=O)N1. The van der Waals surface area contributed by atoms with Gasteiger partial charge in [0.15, 0.2) is 0 Å². The molecule has 1 fully saturated rings. The van der Waals surface area contributed by atoms with E-state index in [1.165, 1.54) is 15.9 Å². The average molecular weight is 442 g/mol. The fraction of sp³-hybridized carbons (Fsp3) is 0.273. The van der Waals surface area contributed by atoms with Crippen LogP contribution in [0.5, 0.6) is 0 Å². The van der Waals surface area contributed by atoms with Crippen LogP contribution in [0.2, 0.25) is 5.02 Å². The lowest BCUT2D eigenvalue weighted by atomic mass is 10.0. The first-order chi connectivity index (χ1) is 14.8. The Kier molecular flexibility index (Phi) is 4.55. The van der Waals surface area contributed by atoms with Gasteiger partial charge in [0.25, 0.3) is 11.8 Å². The molecule has 0 aromatic heterocycles. The number of nitrogens with one attached hydrogen (secondary N) is 1. The fourth-order valence-electron chi connectivity index (χ4n) is 4.44. The van der Waals surface area contributed by atoms with Crippen molar-refractivity contribution in [1.29, 1.82) is 0 Å². The zero-order valence-corrected chi connectivity index (χ0v) is 17.0. The van der Waals surface area contributed by atoms with Crippen LogP contribution in [0.25, 0.3) is 0 Å². The molecule has 3 aliphatic rings. The number of nitrogens with zero attached hydrogens (tertiary/aromatic N) is 2. The predicted octanol–water partition coefficient (Wildman–Crippen LogP) is 2.40. The lowest BCUT2D eigenvalue weighted by molar-refractivity contribution is -0.136. The van der Waals surface area contributed by atoms with E-state index in [0.29, 0.717) is 22.3 Å². The van der Waals surface area contributed by atoms with Crippen LogP contribution in [0.15, 0.2) is 30.3 Å². The van der Waals surface area contributed by atoms with E-state index in [0.717, 1.165) is 5.56 Å². The fourth-order valence-corrected chi connectivity index (χ4v) is 4.61. The summed E-state index contributed by atoms with van der Waals surface area (Å²) < 4.78 is 14.3. The second-order valence-electron chi connectivity index (χ2n) is 7.93. The molecule has 4 amide bonds. The van der Waals surface area contributed by atoms with Gasteiger partial charge in [0.05, 0.1) is 5.02 Å². The van der Waals surface area contributed by atoms with Crippen LogP contribution in [-0.2, 0) is 29.2 Å². The first kappa shape index (κ1) is 19.7. The Morgan fingerprint density at radius 3 is 2.65 bits per heavy atom. The van der Waals surface area contributed by atoms with Gasteiger partial charge < -0.3 is 9.80 Å². The maximum atomic E-state index is 14.3. The molecule has 3 aliphatic heterocycles. The molecular weight excluding hydrogens is 425 g/mol. The summed E-state index contributed by atoms with van der Waals surface area (Å²) in [4.78, 5) is 52.3. The number of fused-ring (bicyclic) bond motifs is 2. The van der Waals surface area contributed by atoms with Crippen molar-refractivity contribution < 1.29 is 23.6 Å². The molecule has 0 bridgehead atoms. The summed E-state index contributed by atoms with van der Waals surface area (Å²) in [7, 11) is 0. The summed E-state index contributed by atoms with van der Waals surface area (Å²) in [6, 6.07) is 7.28. The molecule has 158 valence electrons. The zero-order chi connectivity index (χ0) is 21.9. The Balaban J connectivity index is 1.36. The summed E-state index contributed by atoms with van der Waals surface area (Å²) in [5, 5.41) is 2.29. The molecule has 2 aromatic rings. The largest absolute Gasteiger partial charge is 0.330 e. The molecule has 1 saturated heterocycles. The monoisotopic (exact) mass is 441 g/mol. The van der Waals surface area contributed by atoms with Crippen molar-refractivity contribution in [3.05, 3.63) is 69.0 Å². The van der Waals surface area contributed by atoms with Crippen LogP contribution in [0.3, 0.4) is 0 Å². The maximum Gasteiger partial charge on any atom is 0.255 e. The number of hydrogen-bond donors (Lipinski definition) is 1. The first-order valence-corrected chi connectivity index (χ1v) is 10.2. The van der Waals surface area contributed by atoms with Gasteiger partial charge in [-0.1, -0.05) is 17.7 Å². The Bertz CT molecular complexity index is 1180. The number of benzene rings is 2. The number of rotatable bonds is 2. The number of carbonyl (C=O) groups excluding carboxylic acids is 4. The first-order valence-electron chi connectivity index (χ1n) is 9.86. The van der Waals surface area contributed by atoms with E-state index in [1.54, 1.807) is 24.3 Å². The van der Waals surface area contributed by atoms with Crippen LogP contribution < -0.4 is 5.32 Å². The zero-order valence-electron chi connectivity index (χ0n) is 16.3. The molecule has 9 heteroatoms. The van der Waals surface area contributed by atoms with Crippen LogP contribution >= 0.6 is 11.6 Å². The third kappa shape index (κ3) is 3.18. The number of amides is 4. The van der Waals surface area contributed by atoms with Crippen LogP contribution in [0, 0.1) is 5.82 Å².